The van der Waals surface area contributed by atoms with E-state index in [-0.39, 0.29) is 0 Å². The third kappa shape index (κ3) is 3.46. The first kappa shape index (κ1) is 19.1. The van der Waals surface area contributed by atoms with Crippen LogP contribution in [0.1, 0.15) is 48.5 Å². The third-order valence-corrected chi connectivity index (χ3v) is 6.71. The fourth-order valence-corrected chi connectivity index (χ4v) is 5.05. The van der Waals surface area contributed by atoms with Crippen LogP contribution < -0.4 is 9.64 Å². The molecule has 2 aliphatic rings. The highest BCUT2D eigenvalue weighted by Gasteiger charge is 2.31. The molecule has 0 saturated carbocycles. The van der Waals surface area contributed by atoms with E-state index in [1.165, 1.54) is 35.2 Å². The lowest BCUT2D eigenvalue weighted by Crippen LogP contribution is -2.27. The molecular formula is C26H29N3O. The van der Waals surface area contributed by atoms with Gasteiger partial charge in [-0.05, 0) is 79.8 Å². The van der Waals surface area contributed by atoms with Gasteiger partial charge in [-0.3, -0.25) is 4.90 Å². The second-order valence-electron chi connectivity index (χ2n) is 8.32. The van der Waals surface area contributed by atoms with Crippen molar-refractivity contribution in [1.82, 2.24) is 9.88 Å². The van der Waals surface area contributed by atoms with Gasteiger partial charge in [0, 0.05) is 30.5 Å². The van der Waals surface area contributed by atoms with Crippen LogP contribution in [0.4, 0.5) is 11.5 Å². The van der Waals surface area contributed by atoms with Crippen molar-refractivity contribution < 1.29 is 4.74 Å². The molecule has 1 saturated heterocycles. The van der Waals surface area contributed by atoms with Crippen molar-refractivity contribution >= 4 is 11.5 Å². The van der Waals surface area contributed by atoms with E-state index >= 15 is 0 Å². The minimum Gasteiger partial charge on any atom is -0.497 e. The normalized spacial score (nSPS) is 19.7. The topological polar surface area (TPSA) is 28.6 Å². The van der Waals surface area contributed by atoms with Crippen LogP contribution in [-0.2, 0) is 6.42 Å². The molecular weight excluding hydrogens is 370 g/mol. The van der Waals surface area contributed by atoms with Crippen LogP contribution >= 0.6 is 0 Å². The molecule has 5 rings (SSSR count). The average Bonchev–Trinajstić information content (AvgIpc) is 3.46. The number of nitrogens with zero attached hydrogens (tertiary/aromatic N) is 3. The van der Waals surface area contributed by atoms with Crippen LogP contribution in [0.2, 0.25) is 0 Å². The highest BCUT2D eigenvalue weighted by atomic mass is 16.5. The largest absolute Gasteiger partial charge is 0.497 e. The van der Waals surface area contributed by atoms with E-state index in [0.717, 1.165) is 31.1 Å². The summed E-state index contributed by atoms with van der Waals surface area (Å²) in [5, 5.41) is 0. The molecule has 4 heteroatoms. The van der Waals surface area contributed by atoms with Crippen LogP contribution in [0.25, 0.3) is 0 Å². The number of ether oxygens (including phenoxy) is 1. The highest BCUT2D eigenvalue weighted by molar-refractivity contribution is 5.67. The summed E-state index contributed by atoms with van der Waals surface area (Å²) in [6, 6.07) is 22.5. The van der Waals surface area contributed by atoms with Crippen molar-refractivity contribution in [2.75, 3.05) is 25.1 Å². The van der Waals surface area contributed by atoms with Crippen molar-refractivity contribution in [3.8, 4) is 5.75 Å². The van der Waals surface area contributed by atoms with Gasteiger partial charge in [-0.1, -0.05) is 30.3 Å². The van der Waals surface area contributed by atoms with Gasteiger partial charge in [0.2, 0.25) is 0 Å². The van der Waals surface area contributed by atoms with E-state index in [1.54, 1.807) is 7.11 Å². The number of likely N-dealkylation sites (tertiary alicyclic amines) is 1. The fraction of sp³-hybridized carbons (Fsp3) is 0.346. The summed E-state index contributed by atoms with van der Waals surface area (Å²) in [4.78, 5) is 9.74. The number of hydrogen-bond acceptors (Lipinski definition) is 4. The second-order valence-corrected chi connectivity index (χ2v) is 8.32. The number of para-hydroxylation sites is 1. The van der Waals surface area contributed by atoms with E-state index < -0.39 is 0 Å². The maximum atomic E-state index is 5.33. The Hall–Kier alpha value is -2.85. The first-order chi connectivity index (χ1) is 14.7. The second kappa shape index (κ2) is 8.11. The molecule has 0 spiro atoms. The van der Waals surface area contributed by atoms with E-state index in [0.29, 0.717) is 12.1 Å². The zero-order valence-electron chi connectivity index (χ0n) is 17.8. The van der Waals surface area contributed by atoms with Gasteiger partial charge in [-0.25, -0.2) is 4.98 Å². The molecule has 154 valence electrons. The van der Waals surface area contributed by atoms with Crippen molar-refractivity contribution in [3.05, 3.63) is 83.6 Å². The zero-order chi connectivity index (χ0) is 20.5. The van der Waals surface area contributed by atoms with Gasteiger partial charge in [0.1, 0.15) is 11.6 Å². The lowest BCUT2D eigenvalue weighted by Gasteiger charge is -2.32. The molecule has 2 aromatic carbocycles. The number of hydrogen-bond donors (Lipinski definition) is 0. The van der Waals surface area contributed by atoms with Gasteiger partial charge in [0.05, 0.1) is 7.11 Å². The number of aromatic nitrogens is 1. The summed E-state index contributed by atoms with van der Waals surface area (Å²) in [5.41, 5.74) is 5.44. The fourth-order valence-electron chi connectivity index (χ4n) is 5.05. The quantitative estimate of drug-likeness (QED) is 0.552. The molecule has 0 amide bonds. The van der Waals surface area contributed by atoms with E-state index in [2.05, 4.69) is 77.4 Å². The smallest absolute Gasteiger partial charge is 0.133 e. The SMILES string of the molecule is COc1ccc([C@@H](C)N2CCC[C@H]2c2ccnc(N3CCc4ccccc43)c2)cc1. The van der Waals surface area contributed by atoms with Crippen LogP contribution in [-0.4, -0.2) is 30.1 Å². The molecule has 0 unspecified atom stereocenters. The molecule has 3 aromatic rings. The van der Waals surface area contributed by atoms with Gasteiger partial charge in [0.15, 0.2) is 0 Å². The summed E-state index contributed by atoms with van der Waals surface area (Å²) in [6.45, 7) is 4.45. The first-order valence-electron chi connectivity index (χ1n) is 11.0. The van der Waals surface area contributed by atoms with E-state index in [1.807, 2.05) is 6.20 Å². The molecule has 0 bridgehead atoms. The van der Waals surface area contributed by atoms with Gasteiger partial charge < -0.3 is 9.64 Å². The predicted octanol–water partition coefficient (Wildman–Crippen LogP) is 5.68. The summed E-state index contributed by atoms with van der Waals surface area (Å²) >= 11 is 0. The van der Waals surface area contributed by atoms with Crippen LogP contribution in [0.5, 0.6) is 5.75 Å². The zero-order valence-corrected chi connectivity index (χ0v) is 17.8. The standard InChI is InChI=1S/C26H29N3O/c1-19(20-9-11-23(30-2)12-10-20)28-16-5-8-25(28)22-13-15-27-26(18-22)29-17-14-21-6-3-4-7-24(21)29/h3-4,6-7,9-13,15,18-19,25H,5,8,14,16-17H2,1-2H3/t19-,25+/m1/s1. The Labute approximate surface area is 179 Å². The number of methoxy groups -OCH3 is 1. The summed E-state index contributed by atoms with van der Waals surface area (Å²) in [5.74, 6) is 1.98. The van der Waals surface area contributed by atoms with Crippen LogP contribution in [0, 0.1) is 0 Å². The molecule has 2 aliphatic heterocycles. The summed E-state index contributed by atoms with van der Waals surface area (Å²) < 4.78 is 5.33. The Balaban J connectivity index is 1.40. The minimum absolute atomic E-state index is 0.368. The highest BCUT2D eigenvalue weighted by Crippen LogP contribution is 2.40. The first-order valence-corrected chi connectivity index (χ1v) is 11.0. The van der Waals surface area contributed by atoms with Crippen LogP contribution in [0.15, 0.2) is 66.9 Å². The monoisotopic (exact) mass is 399 g/mol. The van der Waals surface area contributed by atoms with Crippen molar-refractivity contribution in [2.24, 2.45) is 0 Å². The van der Waals surface area contributed by atoms with Gasteiger partial charge >= 0.3 is 0 Å². The summed E-state index contributed by atoms with van der Waals surface area (Å²) in [6.07, 6.45) is 5.50. The van der Waals surface area contributed by atoms with Crippen molar-refractivity contribution in [2.45, 2.75) is 38.3 Å². The Morgan fingerprint density at radius 2 is 1.87 bits per heavy atom. The molecule has 0 radical (unpaired) electrons. The number of anilines is 2. The van der Waals surface area contributed by atoms with Gasteiger partial charge in [0.25, 0.3) is 0 Å². The number of rotatable bonds is 5. The molecule has 30 heavy (non-hydrogen) atoms. The maximum absolute atomic E-state index is 5.33. The maximum Gasteiger partial charge on any atom is 0.133 e. The van der Waals surface area contributed by atoms with E-state index in [4.69, 9.17) is 9.72 Å². The Morgan fingerprint density at radius 3 is 2.70 bits per heavy atom. The molecule has 3 heterocycles. The molecule has 0 N–H and O–H groups in total. The minimum atomic E-state index is 0.368. The molecule has 1 fully saturated rings. The van der Waals surface area contributed by atoms with E-state index in [9.17, 15) is 0 Å². The molecule has 1 aromatic heterocycles. The van der Waals surface area contributed by atoms with Gasteiger partial charge in [-0.15, -0.1) is 0 Å². The predicted molar refractivity (Wildman–Crippen MR) is 121 cm³/mol. The molecule has 0 aliphatic carbocycles. The van der Waals surface area contributed by atoms with Crippen LogP contribution in [0.3, 0.4) is 0 Å². The molecule has 2 atom stereocenters. The number of fused-ring (bicyclic) bond motifs is 1. The van der Waals surface area contributed by atoms with Crippen molar-refractivity contribution in [1.29, 1.82) is 0 Å². The Bertz CT molecular complexity index is 1020. The number of pyridine rings is 1. The lowest BCUT2D eigenvalue weighted by molar-refractivity contribution is 0.194. The summed E-state index contributed by atoms with van der Waals surface area (Å²) in [7, 11) is 1.72. The Kier molecular flexibility index (Phi) is 5.17. The van der Waals surface area contributed by atoms with Gasteiger partial charge in [-0.2, -0.15) is 0 Å². The molecule has 4 nitrogen and oxygen atoms in total. The number of benzene rings is 2. The average molecular weight is 400 g/mol. The van der Waals surface area contributed by atoms with Crippen molar-refractivity contribution in [3.63, 3.8) is 0 Å². The Morgan fingerprint density at radius 1 is 1.03 bits per heavy atom. The third-order valence-electron chi connectivity index (χ3n) is 6.71. The lowest BCUT2D eigenvalue weighted by atomic mass is 10.0.